The lowest BCUT2D eigenvalue weighted by Crippen LogP contribution is -1.88. The number of thioether (sulfide) groups is 1. The number of fused-ring (bicyclic) bond motifs is 8. The van der Waals surface area contributed by atoms with E-state index in [-0.39, 0.29) is 0 Å². The van der Waals surface area contributed by atoms with Gasteiger partial charge in [0, 0.05) is 33.4 Å². The Morgan fingerprint density at radius 2 is 1.07 bits per heavy atom. The standard InChI is InChI=1S/C39H28N4S/c1-4-10-26(11-5-1)25-44-39-35-22-20-33(42-35)37(27-12-6-2-7-13-27)31-18-16-29(40-31)24-30-17-19-32(41-30)38(28-14-8-3-9-15-28)34-21-23-36(39)43-34/h1-24,40,43H,25H2. The molecule has 3 aromatic heterocycles. The molecule has 2 aliphatic heterocycles. The van der Waals surface area contributed by atoms with E-state index in [2.05, 4.69) is 143 Å². The summed E-state index contributed by atoms with van der Waals surface area (Å²) in [4.78, 5) is 18.9. The van der Waals surface area contributed by atoms with Crippen LogP contribution in [0.5, 0.6) is 0 Å². The van der Waals surface area contributed by atoms with E-state index >= 15 is 0 Å². The van der Waals surface area contributed by atoms with Crippen molar-refractivity contribution in [1.29, 1.82) is 0 Å². The van der Waals surface area contributed by atoms with Crippen LogP contribution in [0, 0.1) is 0 Å². The number of nitrogens with zero attached hydrogens (tertiary/aromatic N) is 2. The maximum atomic E-state index is 5.28. The first-order valence-electron chi connectivity index (χ1n) is 14.7. The van der Waals surface area contributed by atoms with Crippen molar-refractivity contribution in [1.82, 2.24) is 19.9 Å². The Morgan fingerprint density at radius 3 is 1.80 bits per heavy atom. The second-order valence-electron chi connectivity index (χ2n) is 10.8. The highest BCUT2D eigenvalue weighted by Gasteiger charge is 2.16. The number of nitrogens with one attached hydrogen (secondary N) is 2. The van der Waals surface area contributed by atoms with Crippen LogP contribution in [-0.2, 0) is 5.75 Å². The molecule has 5 heterocycles. The molecular weight excluding hydrogens is 557 g/mol. The second-order valence-corrected chi connectivity index (χ2v) is 11.8. The van der Waals surface area contributed by atoms with E-state index in [0.29, 0.717) is 0 Å². The van der Waals surface area contributed by atoms with E-state index in [0.717, 1.165) is 77.7 Å². The van der Waals surface area contributed by atoms with Gasteiger partial charge in [0.25, 0.3) is 0 Å². The Labute approximate surface area is 259 Å². The summed E-state index contributed by atoms with van der Waals surface area (Å²) < 4.78 is 0. The molecule has 0 spiro atoms. The Hall–Kier alpha value is -5.39. The van der Waals surface area contributed by atoms with E-state index in [4.69, 9.17) is 9.97 Å². The van der Waals surface area contributed by atoms with Crippen LogP contribution in [0.2, 0.25) is 0 Å². The summed E-state index contributed by atoms with van der Waals surface area (Å²) in [5, 5.41) is 0. The Balaban J connectivity index is 1.45. The van der Waals surface area contributed by atoms with Crippen LogP contribution in [0.25, 0.3) is 68.6 Å². The summed E-state index contributed by atoms with van der Waals surface area (Å²) in [5.41, 5.74) is 13.4. The zero-order chi connectivity index (χ0) is 29.3. The Morgan fingerprint density at radius 1 is 0.500 bits per heavy atom. The third-order valence-electron chi connectivity index (χ3n) is 7.88. The zero-order valence-corrected chi connectivity index (χ0v) is 24.7. The van der Waals surface area contributed by atoms with Crippen LogP contribution < -0.4 is 0 Å². The molecule has 210 valence electrons. The van der Waals surface area contributed by atoms with Gasteiger partial charge in [0.1, 0.15) is 0 Å². The van der Waals surface area contributed by atoms with E-state index in [9.17, 15) is 0 Å². The van der Waals surface area contributed by atoms with Crippen LogP contribution >= 0.6 is 11.8 Å². The van der Waals surface area contributed by atoms with Crippen LogP contribution in [-0.4, -0.2) is 19.9 Å². The maximum Gasteiger partial charge on any atom is 0.0794 e. The summed E-state index contributed by atoms with van der Waals surface area (Å²) in [6, 6.07) is 42.2. The molecule has 5 heteroatoms. The fraction of sp³-hybridized carbons (Fsp3) is 0.0256. The van der Waals surface area contributed by atoms with Gasteiger partial charge in [-0.05, 0) is 71.3 Å². The van der Waals surface area contributed by atoms with Gasteiger partial charge in [-0.1, -0.05) is 91.0 Å². The molecule has 0 saturated carbocycles. The summed E-state index contributed by atoms with van der Waals surface area (Å²) in [6.07, 6.45) is 8.48. The van der Waals surface area contributed by atoms with E-state index in [1.54, 1.807) is 11.8 Å². The number of hydrogen-bond acceptors (Lipinski definition) is 3. The molecule has 4 nitrogen and oxygen atoms in total. The molecule has 0 unspecified atom stereocenters. The first kappa shape index (κ1) is 26.3. The van der Waals surface area contributed by atoms with Gasteiger partial charge in [0.2, 0.25) is 0 Å². The highest BCUT2D eigenvalue weighted by Crippen LogP contribution is 2.36. The lowest BCUT2D eigenvalue weighted by Gasteiger charge is -2.06. The monoisotopic (exact) mass is 584 g/mol. The number of H-pyrrole nitrogens is 2. The quantitative estimate of drug-likeness (QED) is 0.198. The first-order valence-corrected chi connectivity index (χ1v) is 15.7. The predicted octanol–water partition coefficient (Wildman–Crippen LogP) is 10.3. The van der Waals surface area contributed by atoms with Crippen molar-refractivity contribution < 1.29 is 0 Å². The van der Waals surface area contributed by atoms with Crippen molar-refractivity contribution in [3.05, 3.63) is 150 Å². The summed E-state index contributed by atoms with van der Waals surface area (Å²) in [7, 11) is 0. The van der Waals surface area contributed by atoms with Crippen molar-refractivity contribution in [2.75, 3.05) is 0 Å². The van der Waals surface area contributed by atoms with Crippen molar-refractivity contribution in [3.63, 3.8) is 0 Å². The average molecular weight is 585 g/mol. The lowest BCUT2D eigenvalue weighted by molar-refractivity contribution is 1.24. The Kier molecular flexibility index (Phi) is 6.78. The molecule has 0 amide bonds. The number of hydrogen-bond donors (Lipinski definition) is 2. The molecule has 0 radical (unpaired) electrons. The summed E-state index contributed by atoms with van der Waals surface area (Å²) in [6.45, 7) is 0. The summed E-state index contributed by atoms with van der Waals surface area (Å²) in [5.74, 6) is 0.834. The molecule has 2 N–H and O–H groups in total. The molecule has 0 saturated heterocycles. The van der Waals surface area contributed by atoms with Crippen molar-refractivity contribution in [2.24, 2.45) is 0 Å². The average Bonchev–Trinajstić information content (AvgIpc) is 3.90. The zero-order valence-electron chi connectivity index (χ0n) is 23.9. The van der Waals surface area contributed by atoms with Gasteiger partial charge in [-0.3, -0.25) is 0 Å². The van der Waals surface area contributed by atoms with Gasteiger partial charge >= 0.3 is 0 Å². The fourth-order valence-electron chi connectivity index (χ4n) is 5.81. The highest BCUT2D eigenvalue weighted by atomic mass is 32.2. The molecule has 8 rings (SSSR count). The topological polar surface area (TPSA) is 57.4 Å². The second kappa shape index (κ2) is 11.4. The fourth-order valence-corrected chi connectivity index (χ4v) is 6.85. The third kappa shape index (κ3) is 5.08. The molecule has 44 heavy (non-hydrogen) atoms. The van der Waals surface area contributed by atoms with E-state index in [1.165, 1.54) is 5.56 Å². The van der Waals surface area contributed by atoms with Gasteiger partial charge in [-0.2, -0.15) is 0 Å². The molecular formula is C39H28N4S. The Bertz CT molecular complexity index is 2170. The van der Waals surface area contributed by atoms with Gasteiger partial charge in [-0.25, -0.2) is 9.97 Å². The maximum absolute atomic E-state index is 5.28. The lowest BCUT2D eigenvalue weighted by atomic mass is 10.0. The van der Waals surface area contributed by atoms with Crippen LogP contribution in [0.4, 0.5) is 0 Å². The third-order valence-corrected chi connectivity index (χ3v) is 9.07. The normalized spacial score (nSPS) is 12.1. The molecule has 6 aromatic rings. The van der Waals surface area contributed by atoms with Crippen molar-refractivity contribution in [3.8, 4) is 22.3 Å². The molecule has 0 atom stereocenters. The van der Waals surface area contributed by atoms with E-state index < -0.39 is 0 Å². The molecule has 8 bridgehead atoms. The minimum atomic E-state index is 0.834. The first-order chi connectivity index (χ1) is 21.8. The minimum absolute atomic E-state index is 0.834. The number of aromatic nitrogens is 4. The SMILES string of the molecule is C1=Cc2nc1cc1ccc([nH]1)c(-c1ccccc1)c1nc(c(SCc3ccccc3)c3ccc([nH]3)c2-c2ccccc2)C=C1. The van der Waals surface area contributed by atoms with Gasteiger partial charge in [0.15, 0.2) is 0 Å². The van der Waals surface area contributed by atoms with Gasteiger partial charge < -0.3 is 9.97 Å². The summed E-state index contributed by atoms with van der Waals surface area (Å²) >= 11 is 1.81. The molecule has 0 fully saturated rings. The van der Waals surface area contributed by atoms with Gasteiger partial charge in [0.05, 0.1) is 33.2 Å². The van der Waals surface area contributed by atoms with Gasteiger partial charge in [-0.15, -0.1) is 11.8 Å². The molecule has 0 aliphatic carbocycles. The highest BCUT2D eigenvalue weighted by molar-refractivity contribution is 7.98. The van der Waals surface area contributed by atoms with E-state index in [1.807, 2.05) is 12.1 Å². The predicted molar refractivity (Wildman–Crippen MR) is 186 cm³/mol. The molecule has 3 aromatic carbocycles. The number of aromatic amines is 2. The molecule has 2 aliphatic rings. The number of benzene rings is 3. The smallest absolute Gasteiger partial charge is 0.0794 e. The number of rotatable bonds is 5. The van der Waals surface area contributed by atoms with Crippen molar-refractivity contribution in [2.45, 2.75) is 10.6 Å². The van der Waals surface area contributed by atoms with Crippen molar-refractivity contribution >= 4 is 58.1 Å². The minimum Gasteiger partial charge on any atom is -0.355 e. The largest absolute Gasteiger partial charge is 0.355 e. The van der Waals surface area contributed by atoms with Crippen LogP contribution in [0.3, 0.4) is 0 Å². The van der Waals surface area contributed by atoms with Crippen LogP contribution in [0.1, 0.15) is 28.3 Å². The van der Waals surface area contributed by atoms with Crippen LogP contribution in [0.15, 0.2) is 126 Å².